The Bertz CT molecular complexity index is 704. The molecule has 3 rings (SSSR count). The van der Waals surface area contributed by atoms with Gasteiger partial charge in [-0.3, -0.25) is 4.68 Å². The zero-order valence-corrected chi connectivity index (χ0v) is 13.1. The van der Waals surface area contributed by atoms with Crippen molar-refractivity contribution in [3.63, 3.8) is 0 Å². The first-order valence-electron chi connectivity index (χ1n) is 7.22. The molecule has 3 heterocycles. The molecule has 22 heavy (non-hydrogen) atoms. The molecule has 114 valence electrons. The standard InChI is InChI=1S/C15H17ClN6/c1-21-10-12(8-18-21)22-6-2-3-11(9-22)19-15-5-4-13(16)14(7-17)20-15/h4-5,8,10-11H,2-3,6,9H2,1H3,(H,19,20). The smallest absolute Gasteiger partial charge is 0.161 e. The van der Waals surface area contributed by atoms with E-state index in [1.165, 1.54) is 0 Å². The number of nitrogens with zero attached hydrogens (tertiary/aromatic N) is 5. The average Bonchev–Trinajstić information content (AvgIpc) is 2.96. The molecule has 6 nitrogen and oxygen atoms in total. The normalized spacial score (nSPS) is 18.0. The SMILES string of the molecule is Cn1cc(N2CCCC(Nc3ccc(Cl)c(C#N)n3)C2)cn1. The molecule has 7 heteroatoms. The summed E-state index contributed by atoms with van der Waals surface area (Å²) in [5.74, 6) is 0.694. The fourth-order valence-electron chi connectivity index (χ4n) is 2.71. The number of aryl methyl sites for hydroxylation is 1. The first-order valence-corrected chi connectivity index (χ1v) is 7.60. The van der Waals surface area contributed by atoms with Crippen LogP contribution < -0.4 is 10.2 Å². The van der Waals surface area contributed by atoms with E-state index in [4.69, 9.17) is 16.9 Å². The number of piperidine rings is 1. The molecule has 0 aromatic carbocycles. The molecule has 1 aliphatic rings. The van der Waals surface area contributed by atoms with Crippen molar-refractivity contribution in [2.24, 2.45) is 7.05 Å². The van der Waals surface area contributed by atoms with Crippen molar-refractivity contribution in [1.82, 2.24) is 14.8 Å². The summed E-state index contributed by atoms with van der Waals surface area (Å²) in [5.41, 5.74) is 1.39. The topological polar surface area (TPSA) is 69.8 Å². The van der Waals surface area contributed by atoms with Crippen LogP contribution in [0.25, 0.3) is 0 Å². The predicted octanol–water partition coefficient (Wildman–Crippen LogP) is 2.42. The molecule has 0 radical (unpaired) electrons. The number of nitrogens with one attached hydrogen (secondary N) is 1. The summed E-state index contributed by atoms with van der Waals surface area (Å²) >= 11 is 5.91. The van der Waals surface area contributed by atoms with Crippen LogP contribution in [0, 0.1) is 11.3 Å². The van der Waals surface area contributed by atoms with Gasteiger partial charge in [-0.25, -0.2) is 4.98 Å². The largest absolute Gasteiger partial charge is 0.367 e. The van der Waals surface area contributed by atoms with Crippen LogP contribution in [0.5, 0.6) is 0 Å². The minimum absolute atomic E-state index is 0.256. The maximum absolute atomic E-state index is 9.00. The maximum atomic E-state index is 9.00. The number of anilines is 2. The Kier molecular flexibility index (Phi) is 4.16. The zero-order valence-electron chi connectivity index (χ0n) is 12.3. The maximum Gasteiger partial charge on any atom is 0.161 e. The number of aromatic nitrogens is 3. The third-order valence-corrected chi connectivity index (χ3v) is 4.09. The van der Waals surface area contributed by atoms with Crippen molar-refractivity contribution in [3.8, 4) is 6.07 Å². The van der Waals surface area contributed by atoms with Crippen LogP contribution in [-0.2, 0) is 7.05 Å². The van der Waals surface area contributed by atoms with E-state index in [1.807, 2.05) is 36.3 Å². The Balaban J connectivity index is 1.69. The monoisotopic (exact) mass is 316 g/mol. The Hall–Kier alpha value is -2.26. The predicted molar refractivity (Wildman–Crippen MR) is 86.0 cm³/mol. The quantitative estimate of drug-likeness (QED) is 0.941. The highest BCUT2D eigenvalue weighted by Gasteiger charge is 2.21. The molecular formula is C15H17ClN6. The molecule has 1 saturated heterocycles. The van der Waals surface area contributed by atoms with E-state index in [0.717, 1.165) is 31.6 Å². The van der Waals surface area contributed by atoms with Gasteiger partial charge in [0, 0.05) is 32.4 Å². The lowest BCUT2D eigenvalue weighted by Crippen LogP contribution is -2.42. The second kappa shape index (κ2) is 6.24. The van der Waals surface area contributed by atoms with Gasteiger partial charge in [0.2, 0.25) is 0 Å². The van der Waals surface area contributed by atoms with Crippen LogP contribution in [0.4, 0.5) is 11.5 Å². The summed E-state index contributed by atoms with van der Waals surface area (Å²) in [5, 5.41) is 17.0. The second-order valence-electron chi connectivity index (χ2n) is 5.44. The van der Waals surface area contributed by atoms with Crippen LogP contribution in [0.15, 0.2) is 24.5 Å². The van der Waals surface area contributed by atoms with Gasteiger partial charge in [-0.2, -0.15) is 10.4 Å². The fraction of sp³-hybridized carbons (Fsp3) is 0.400. The van der Waals surface area contributed by atoms with Crippen molar-refractivity contribution >= 4 is 23.1 Å². The number of nitriles is 1. The van der Waals surface area contributed by atoms with Crippen LogP contribution >= 0.6 is 11.6 Å². The van der Waals surface area contributed by atoms with Gasteiger partial charge in [-0.15, -0.1) is 0 Å². The number of hydrogen-bond donors (Lipinski definition) is 1. The highest BCUT2D eigenvalue weighted by Crippen LogP contribution is 2.22. The number of halogens is 1. The van der Waals surface area contributed by atoms with Gasteiger partial charge in [0.05, 0.1) is 16.9 Å². The van der Waals surface area contributed by atoms with E-state index >= 15 is 0 Å². The summed E-state index contributed by atoms with van der Waals surface area (Å²) in [4.78, 5) is 6.56. The number of hydrogen-bond acceptors (Lipinski definition) is 5. The van der Waals surface area contributed by atoms with Crippen LogP contribution in [0.2, 0.25) is 5.02 Å². The molecular weight excluding hydrogens is 300 g/mol. The first kappa shape index (κ1) is 14.7. The molecule has 0 amide bonds. The molecule has 1 unspecified atom stereocenters. The molecule has 2 aromatic heterocycles. The third kappa shape index (κ3) is 3.15. The van der Waals surface area contributed by atoms with Crippen molar-refractivity contribution in [2.45, 2.75) is 18.9 Å². The molecule has 1 N–H and O–H groups in total. The van der Waals surface area contributed by atoms with E-state index in [9.17, 15) is 0 Å². The van der Waals surface area contributed by atoms with E-state index < -0.39 is 0 Å². The second-order valence-corrected chi connectivity index (χ2v) is 5.85. The van der Waals surface area contributed by atoms with Gasteiger partial charge in [0.25, 0.3) is 0 Å². The molecule has 0 bridgehead atoms. The van der Waals surface area contributed by atoms with Crippen molar-refractivity contribution in [1.29, 1.82) is 5.26 Å². The van der Waals surface area contributed by atoms with Crippen molar-refractivity contribution in [3.05, 3.63) is 35.2 Å². The van der Waals surface area contributed by atoms with E-state index in [-0.39, 0.29) is 11.7 Å². The van der Waals surface area contributed by atoms with Crippen molar-refractivity contribution in [2.75, 3.05) is 23.3 Å². The van der Waals surface area contributed by atoms with Gasteiger partial charge in [-0.05, 0) is 25.0 Å². The van der Waals surface area contributed by atoms with Gasteiger partial charge in [-0.1, -0.05) is 11.6 Å². The van der Waals surface area contributed by atoms with Gasteiger partial charge < -0.3 is 10.2 Å². The van der Waals surface area contributed by atoms with Crippen LogP contribution in [0.1, 0.15) is 18.5 Å². The highest BCUT2D eigenvalue weighted by molar-refractivity contribution is 6.31. The lowest BCUT2D eigenvalue weighted by Gasteiger charge is -2.34. The van der Waals surface area contributed by atoms with Crippen molar-refractivity contribution < 1.29 is 0 Å². The van der Waals surface area contributed by atoms with E-state index in [0.29, 0.717) is 10.8 Å². The fourth-order valence-corrected chi connectivity index (χ4v) is 2.86. The van der Waals surface area contributed by atoms with Gasteiger partial charge in [0.1, 0.15) is 11.9 Å². The molecule has 1 fully saturated rings. The summed E-state index contributed by atoms with van der Waals surface area (Å²) in [6.07, 6.45) is 6.08. The molecule has 0 aliphatic carbocycles. The van der Waals surface area contributed by atoms with E-state index in [2.05, 4.69) is 20.3 Å². The lowest BCUT2D eigenvalue weighted by molar-refractivity contribution is 0.529. The van der Waals surface area contributed by atoms with Crippen LogP contribution in [0.3, 0.4) is 0 Å². The van der Waals surface area contributed by atoms with E-state index in [1.54, 1.807) is 6.07 Å². The molecule has 0 spiro atoms. The first-order chi connectivity index (χ1) is 10.7. The Morgan fingerprint density at radius 2 is 2.32 bits per heavy atom. The summed E-state index contributed by atoms with van der Waals surface area (Å²) < 4.78 is 1.81. The summed E-state index contributed by atoms with van der Waals surface area (Å²) in [7, 11) is 1.92. The van der Waals surface area contributed by atoms with Gasteiger partial charge >= 0.3 is 0 Å². The van der Waals surface area contributed by atoms with Gasteiger partial charge in [0.15, 0.2) is 5.69 Å². The molecule has 0 saturated carbocycles. The average molecular weight is 317 g/mol. The Morgan fingerprint density at radius 3 is 3.05 bits per heavy atom. The number of pyridine rings is 1. The molecule has 1 atom stereocenters. The Morgan fingerprint density at radius 1 is 1.45 bits per heavy atom. The summed E-state index contributed by atoms with van der Waals surface area (Å²) in [6.45, 7) is 1.92. The highest BCUT2D eigenvalue weighted by atomic mass is 35.5. The zero-order chi connectivity index (χ0) is 15.5. The summed E-state index contributed by atoms with van der Waals surface area (Å²) in [6, 6.07) is 5.81. The Labute approximate surface area is 134 Å². The molecule has 1 aliphatic heterocycles. The lowest BCUT2D eigenvalue weighted by atomic mass is 10.1. The number of rotatable bonds is 3. The minimum atomic E-state index is 0.256. The molecule has 2 aromatic rings. The minimum Gasteiger partial charge on any atom is -0.367 e. The van der Waals surface area contributed by atoms with Crippen LogP contribution in [-0.4, -0.2) is 33.9 Å². The third-order valence-electron chi connectivity index (χ3n) is 3.78.